The molecule has 0 bridgehead atoms. The number of fused-ring (bicyclic) bond motifs is 1. The van der Waals surface area contributed by atoms with Crippen molar-refractivity contribution in [1.29, 1.82) is 0 Å². The van der Waals surface area contributed by atoms with Crippen LogP contribution in [-0.2, 0) is 11.2 Å². The predicted molar refractivity (Wildman–Crippen MR) is 111 cm³/mol. The predicted octanol–water partition coefficient (Wildman–Crippen LogP) is 4.99. The highest BCUT2D eigenvalue weighted by molar-refractivity contribution is 6.35. The number of esters is 1. The lowest BCUT2D eigenvalue weighted by Crippen LogP contribution is -2.13. The Kier molecular flexibility index (Phi) is 5.44. The standard InChI is InChI=1S/C22H22ClN3O2/c1-28-22(27)19-18(23)21(26-20(25-19)16-11-12-16)24-13-5-9-15-8-4-7-14-6-2-3-10-17(14)15/h2-4,6-8,10,16H,5,9,11-13H2,1H3,(H,24,25,26). The van der Waals surface area contributed by atoms with Gasteiger partial charge in [-0.2, -0.15) is 0 Å². The van der Waals surface area contributed by atoms with Gasteiger partial charge >= 0.3 is 5.97 Å². The number of nitrogens with one attached hydrogen (secondary N) is 1. The number of anilines is 1. The third-order valence-corrected chi connectivity index (χ3v) is 5.34. The first-order chi connectivity index (χ1) is 13.7. The van der Waals surface area contributed by atoms with Crippen molar-refractivity contribution in [3.05, 3.63) is 64.6 Å². The summed E-state index contributed by atoms with van der Waals surface area (Å²) in [6.07, 6.45) is 3.95. The Bertz CT molecular complexity index is 1010. The summed E-state index contributed by atoms with van der Waals surface area (Å²) in [4.78, 5) is 20.9. The number of aryl methyl sites for hydroxylation is 1. The second-order valence-electron chi connectivity index (χ2n) is 7.03. The number of aromatic nitrogens is 2. The molecule has 1 aromatic heterocycles. The van der Waals surface area contributed by atoms with E-state index in [1.54, 1.807) is 0 Å². The molecule has 144 valence electrons. The molecule has 0 amide bonds. The van der Waals surface area contributed by atoms with Crippen molar-refractivity contribution in [3.8, 4) is 0 Å². The number of carbonyl (C=O) groups excluding carboxylic acids is 1. The van der Waals surface area contributed by atoms with Crippen LogP contribution in [0.4, 0.5) is 5.82 Å². The van der Waals surface area contributed by atoms with E-state index in [1.165, 1.54) is 23.4 Å². The van der Waals surface area contributed by atoms with E-state index in [-0.39, 0.29) is 10.7 Å². The van der Waals surface area contributed by atoms with E-state index in [2.05, 4.69) is 57.7 Å². The maximum Gasteiger partial charge on any atom is 0.358 e. The zero-order valence-electron chi connectivity index (χ0n) is 15.7. The van der Waals surface area contributed by atoms with Gasteiger partial charge in [0.2, 0.25) is 0 Å². The molecule has 1 aliphatic carbocycles. The average Bonchev–Trinajstić information content (AvgIpc) is 3.57. The molecule has 2 aromatic carbocycles. The summed E-state index contributed by atoms with van der Waals surface area (Å²) >= 11 is 6.37. The molecule has 0 atom stereocenters. The molecule has 5 nitrogen and oxygen atoms in total. The summed E-state index contributed by atoms with van der Waals surface area (Å²) in [5, 5.41) is 6.05. The van der Waals surface area contributed by atoms with E-state index in [0.717, 1.165) is 25.7 Å². The van der Waals surface area contributed by atoms with Gasteiger partial charge in [-0.1, -0.05) is 54.1 Å². The van der Waals surface area contributed by atoms with Crippen LogP contribution in [0.1, 0.15) is 47.1 Å². The van der Waals surface area contributed by atoms with E-state index < -0.39 is 5.97 Å². The highest BCUT2D eigenvalue weighted by Gasteiger charge is 2.30. The lowest BCUT2D eigenvalue weighted by atomic mass is 10.0. The van der Waals surface area contributed by atoms with Gasteiger partial charge in [0.15, 0.2) is 5.69 Å². The number of carbonyl (C=O) groups is 1. The quantitative estimate of drug-likeness (QED) is 0.451. The molecule has 0 unspecified atom stereocenters. The molecule has 0 radical (unpaired) electrons. The Hall–Kier alpha value is -2.66. The second kappa shape index (κ2) is 8.15. The van der Waals surface area contributed by atoms with Gasteiger partial charge in [-0.05, 0) is 42.0 Å². The van der Waals surface area contributed by atoms with Crippen LogP contribution in [0, 0.1) is 0 Å². The largest absolute Gasteiger partial charge is 0.464 e. The van der Waals surface area contributed by atoms with Crippen molar-refractivity contribution < 1.29 is 9.53 Å². The van der Waals surface area contributed by atoms with Crippen LogP contribution < -0.4 is 5.32 Å². The zero-order chi connectivity index (χ0) is 19.5. The minimum Gasteiger partial charge on any atom is -0.464 e. The molecule has 28 heavy (non-hydrogen) atoms. The fourth-order valence-electron chi connectivity index (χ4n) is 3.33. The van der Waals surface area contributed by atoms with Crippen LogP contribution >= 0.6 is 11.6 Å². The van der Waals surface area contributed by atoms with Crippen molar-refractivity contribution in [1.82, 2.24) is 9.97 Å². The van der Waals surface area contributed by atoms with E-state index in [0.29, 0.717) is 24.1 Å². The van der Waals surface area contributed by atoms with Crippen LogP contribution in [-0.4, -0.2) is 29.6 Å². The first-order valence-corrected chi connectivity index (χ1v) is 9.91. The highest BCUT2D eigenvalue weighted by atomic mass is 35.5. The van der Waals surface area contributed by atoms with Crippen LogP contribution in [0.3, 0.4) is 0 Å². The summed E-state index contributed by atoms with van der Waals surface area (Å²) in [5.41, 5.74) is 1.46. The number of nitrogens with zero attached hydrogens (tertiary/aromatic N) is 2. The Morgan fingerprint density at radius 1 is 1.18 bits per heavy atom. The van der Waals surface area contributed by atoms with E-state index in [9.17, 15) is 4.79 Å². The Balaban J connectivity index is 1.46. The Labute approximate surface area is 169 Å². The SMILES string of the molecule is COC(=O)c1nc(C2CC2)nc(NCCCc2cccc3ccccc23)c1Cl. The summed E-state index contributed by atoms with van der Waals surface area (Å²) < 4.78 is 4.81. The van der Waals surface area contributed by atoms with Crippen LogP contribution in [0.15, 0.2) is 42.5 Å². The molecule has 1 heterocycles. The number of hydrogen-bond acceptors (Lipinski definition) is 5. The third kappa shape index (κ3) is 3.94. The fourth-order valence-corrected chi connectivity index (χ4v) is 3.56. The molecule has 1 fully saturated rings. The Morgan fingerprint density at radius 2 is 1.96 bits per heavy atom. The summed E-state index contributed by atoms with van der Waals surface area (Å²) in [5.74, 6) is 0.961. The van der Waals surface area contributed by atoms with Gasteiger partial charge in [-0.25, -0.2) is 14.8 Å². The number of benzene rings is 2. The topological polar surface area (TPSA) is 64.1 Å². The van der Waals surface area contributed by atoms with Gasteiger partial charge in [0.05, 0.1) is 7.11 Å². The van der Waals surface area contributed by atoms with Gasteiger partial charge < -0.3 is 10.1 Å². The summed E-state index contributed by atoms with van der Waals surface area (Å²) in [7, 11) is 1.33. The number of rotatable bonds is 7. The average molecular weight is 396 g/mol. The van der Waals surface area contributed by atoms with Crippen LogP contribution in [0.25, 0.3) is 10.8 Å². The molecule has 4 rings (SSSR count). The maximum atomic E-state index is 12.0. The highest BCUT2D eigenvalue weighted by Crippen LogP contribution is 2.39. The molecule has 6 heteroatoms. The first kappa shape index (κ1) is 18.7. The van der Waals surface area contributed by atoms with Gasteiger partial charge in [-0.15, -0.1) is 0 Å². The van der Waals surface area contributed by atoms with Crippen molar-refractivity contribution >= 4 is 34.2 Å². The number of halogens is 1. The summed E-state index contributed by atoms with van der Waals surface area (Å²) in [6, 6.07) is 14.8. The normalized spacial score (nSPS) is 13.5. The number of methoxy groups -OCH3 is 1. The van der Waals surface area contributed by atoms with Gasteiger partial charge in [-0.3, -0.25) is 0 Å². The fraction of sp³-hybridized carbons (Fsp3) is 0.318. The maximum absolute atomic E-state index is 12.0. The first-order valence-electron chi connectivity index (χ1n) is 9.53. The molecular weight excluding hydrogens is 374 g/mol. The third-order valence-electron chi connectivity index (χ3n) is 4.99. The van der Waals surface area contributed by atoms with E-state index in [4.69, 9.17) is 16.3 Å². The number of ether oxygens (including phenoxy) is 1. The van der Waals surface area contributed by atoms with E-state index in [1.807, 2.05) is 0 Å². The van der Waals surface area contributed by atoms with E-state index >= 15 is 0 Å². The Morgan fingerprint density at radius 3 is 2.75 bits per heavy atom. The molecule has 3 aromatic rings. The monoisotopic (exact) mass is 395 g/mol. The molecule has 0 spiro atoms. The number of hydrogen-bond donors (Lipinski definition) is 1. The summed E-state index contributed by atoms with van der Waals surface area (Å²) in [6.45, 7) is 0.699. The van der Waals surface area contributed by atoms with Crippen LogP contribution in [0.5, 0.6) is 0 Å². The molecule has 1 aliphatic rings. The molecule has 0 aliphatic heterocycles. The van der Waals surface area contributed by atoms with Crippen molar-refractivity contribution in [2.45, 2.75) is 31.6 Å². The lowest BCUT2D eigenvalue weighted by molar-refractivity contribution is 0.0593. The van der Waals surface area contributed by atoms with Gasteiger partial charge in [0.25, 0.3) is 0 Å². The molecule has 1 N–H and O–H groups in total. The molecular formula is C22H22ClN3O2. The van der Waals surface area contributed by atoms with Crippen molar-refractivity contribution in [2.24, 2.45) is 0 Å². The lowest BCUT2D eigenvalue weighted by Gasteiger charge is -2.12. The van der Waals surface area contributed by atoms with Gasteiger partial charge in [0.1, 0.15) is 16.7 Å². The minimum atomic E-state index is -0.534. The second-order valence-corrected chi connectivity index (χ2v) is 7.41. The van der Waals surface area contributed by atoms with Crippen LogP contribution in [0.2, 0.25) is 5.02 Å². The van der Waals surface area contributed by atoms with Crippen molar-refractivity contribution in [2.75, 3.05) is 19.0 Å². The van der Waals surface area contributed by atoms with Gasteiger partial charge in [0, 0.05) is 12.5 Å². The molecule has 0 saturated heterocycles. The molecule has 1 saturated carbocycles. The minimum absolute atomic E-state index is 0.137. The smallest absolute Gasteiger partial charge is 0.358 e. The van der Waals surface area contributed by atoms with Crippen molar-refractivity contribution in [3.63, 3.8) is 0 Å². The zero-order valence-corrected chi connectivity index (χ0v) is 16.5.